The van der Waals surface area contributed by atoms with E-state index in [9.17, 15) is 9.59 Å². The van der Waals surface area contributed by atoms with Crippen LogP contribution in [0.1, 0.15) is 32.3 Å². The van der Waals surface area contributed by atoms with Crippen LogP contribution in [0.15, 0.2) is 30.3 Å². The fourth-order valence-electron chi connectivity index (χ4n) is 3.22. The molecule has 1 N–H and O–H groups in total. The molecule has 1 fully saturated rings. The Morgan fingerprint density at radius 3 is 2.65 bits per heavy atom. The molecule has 0 spiro atoms. The van der Waals surface area contributed by atoms with E-state index < -0.39 is 5.41 Å². The Morgan fingerprint density at radius 1 is 1.26 bits per heavy atom. The number of likely N-dealkylation sites (tertiary alicyclic amines) is 1. The van der Waals surface area contributed by atoms with Crippen molar-refractivity contribution in [2.24, 2.45) is 5.41 Å². The summed E-state index contributed by atoms with van der Waals surface area (Å²) >= 11 is 0. The largest absolute Gasteiger partial charge is 0.466 e. The molecule has 1 aliphatic rings. The maximum Gasteiger partial charge on any atom is 0.317 e. The van der Waals surface area contributed by atoms with E-state index >= 15 is 0 Å². The van der Waals surface area contributed by atoms with Gasteiger partial charge in [-0.15, -0.1) is 0 Å². The summed E-state index contributed by atoms with van der Waals surface area (Å²) in [6, 6.07) is 9.84. The summed E-state index contributed by atoms with van der Waals surface area (Å²) in [5, 5.41) is 2.82. The second-order valence-corrected chi connectivity index (χ2v) is 6.02. The molecule has 5 heteroatoms. The standard InChI is InChI=1S/C18H26N2O3/c1-3-19-17(22)20-12-8-11-18(14-20,16(21)23-4-2)13-15-9-6-5-7-10-15/h5-7,9-10H,3-4,8,11-14H2,1-2H3,(H,19,22). The number of hydrogen-bond acceptors (Lipinski definition) is 3. The first kappa shape index (κ1) is 17.3. The highest BCUT2D eigenvalue weighted by Gasteiger charge is 2.44. The summed E-state index contributed by atoms with van der Waals surface area (Å²) in [5.41, 5.74) is 0.444. The monoisotopic (exact) mass is 318 g/mol. The van der Waals surface area contributed by atoms with Crippen LogP contribution in [-0.2, 0) is 16.0 Å². The smallest absolute Gasteiger partial charge is 0.317 e. The molecule has 126 valence electrons. The van der Waals surface area contributed by atoms with Crippen LogP contribution >= 0.6 is 0 Å². The third-order valence-corrected chi connectivity index (χ3v) is 4.29. The molecule has 1 unspecified atom stereocenters. The summed E-state index contributed by atoms with van der Waals surface area (Å²) < 4.78 is 5.35. The number of piperidine rings is 1. The molecule has 1 heterocycles. The molecule has 1 saturated heterocycles. The van der Waals surface area contributed by atoms with Gasteiger partial charge in [0.25, 0.3) is 0 Å². The number of nitrogens with one attached hydrogen (secondary N) is 1. The number of amides is 2. The first-order valence-corrected chi connectivity index (χ1v) is 8.35. The second kappa shape index (κ2) is 7.99. The van der Waals surface area contributed by atoms with Crippen molar-refractivity contribution in [1.29, 1.82) is 0 Å². The van der Waals surface area contributed by atoms with E-state index in [1.807, 2.05) is 44.2 Å². The predicted octanol–water partition coefficient (Wildman–Crippen LogP) is 2.60. The molecule has 2 rings (SSSR count). The van der Waals surface area contributed by atoms with Gasteiger partial charge in [-0.3, -0.25) is 4.79 Å². The highest BCUT2D eigenvalue weighted by molar-refractivity contribution is 5.80. The van der Waals surface area contributed by atoms with Crippen molar-refractivity contribution in [1.82, 2.24) is 10.2 Å². The molecule has 1 aromatic rings. The molecule has 1 atom stereocenters. The minimum atomic E-state index is -0.652. The minimum Gasteiger partial charge on any atom is -0.466 e. The van der Waals surface area contributed by atoms with Crippen LogP contribution in [0.5, 0.6) is 0 Å². The Bertz CT molecular complexity index is 532. The van der Waals surface area contributed by atoms with Gasteiger partial charge in [0.1, 0.15) is 0 Å². The third-order valence-electron chi connectivity index (χ3n) is 4.29. The van der Waals surface area contributed by atoms with Gasteiger partial charge in [0, 0.05) is 19.6 Å². The van der Waals surface area contributed by atoms with Crippen LogP contribution in [0.25, 0.3) is 0 Å². The number of rotatable bonds is 5. The van der Waals surface area contributed by atoms with Crippen molar-refractivity contribution < 1.29 is 14.3 Å². The van der Waals surface area contributed by atoms with Crippen LogP contribution in [0.4, 0.5) is 4.79 Å². The molecule has 5 nitrogen and oxygen atoms in total. The molecule has 1 aromatic carbocycles. The summed E-state index contributed by atoms with van der Waals surface area (Å²) in [5.74, 6) is -0.196. The lowest BCUT2D eigenvalue weighted by Gasteiger charge is -2.41. The molecule has 0 aliphatic carbocycles. The zero-order chi connectivity index (χ0) is 16.7. The van der Waals surface area contributed by atoms with E-state index in [1.54, 1.807) is 4.90 Å². The Morgan fingerprint density at radius 2 is 2.00 bits per heavy atom. The van der Waals surface area contributed by atoms with Gasteiger partial charge in [-0.1, -0.05) is 30.3 Å². The Balaban J connectivity index is 2.22. The van der Waals surface area contributed by atoms with Crippen LogP contribution in [-0.4, -0.2) is 43.1 Å². The number of esters is 1. The average molecular weight is 318 g/mol. The first-order valence-electron chi connectivity index (χ1n) is 8.35. The van der Waals surface area contributed by atoms with Gasteiger partial charge in [-0.05, 0) is 38.7 Å². The van der Waals surface area contributed by atoms with Gasteiger partial charge >= 0.3 is 12.0 Å². The van der Waals surface area contributed by atoms with Gasteiger partial charge in [0.15, 0.2) is 0 Å². The van der Waals surface area contributed by atoms with E-state index in [0.29, 0.717) is 32.7 Å². The number of ether oxygens (including phenoxy) is 1. The minimum absolute atomic E-state index is 0.103. The molecule has 2 amide bonds. The molecular formula is C18H26N2O3. The first-order chi connectivity index (χ1) is 11.1. The van der Waals surface area contributed by atoms with Crippen molar-refractivity contribution in [3.8, 4) is 0 Å². The van der Waals surface area contributed by atoms with E-state index in [4.69, 9.17) is 4.74 Å². The third kappa shape index (κ3) is 4.24. The van der Waals surface area contributed by atoms with Gasteiger partial charge in [0.05, 0.1) is 12.0 Å². The zero-order valence-corrected chi connectivity index (χ0v) is 14.0. The number of nitrogens with zero attached hydrogens (tertiary/aromatic N) is 1. The number of carbonyl (C=O) groups is 2. The zero-order valence-electron chi connectivity index (χ0n) is 14.0. The number of hydrogen-bond donors (Lipinski definition) is 1. The molecule has 1 aliphatic heterocycles. The SMILES string of the molecule is CCNC(=O)N1CCCC(Cc2ccccc2)(C(=O)OCC)C1. The van der Waals surface area contributed by atoms with Crippen molar-refractivity contribution in [3.63, 3.8) is 0 Å². The van der Waals surface area contributed by atoms with Crippen LogP contribution in [0, 0.1) is 5.41 Å². The Labute approximate surface area is 138 Å². The van der Waals surface area contributed by atoms with Crippen molar-refractivity contribution in [2.75, 3.05) is 26.2 Å². The second-order valence-electron chi connectivity index (χ2n) is 6.02. The van der Waals surface area contributed by atoms with Crippen LogP contribution < -0.4 is 5.32 Å². The van der Waals surface area contributed by atoms with Crippen molar-refractivity contribution in [3.05, 3.63) is 35.9 Å². The average Bonchev–Trinajstić information content (AvgIpc) is 2.56. The highest BCUT2D eigenvalue weighted by Crippen LogP contribution is 2.35. The fraction of sp³-hybridized carbons (Fsp3) is 0.556. The Kier molecular flexibility index (Phi) is 6.02. The maximum absolute atomic E-state index is 12.7. The lowest BCUT2D eigenvalue weighted by Crippen LogP contribution is -2.54. The lowest BCUT2D eigenvalue weighted by atomic mass is 9.75. The molecule has 0 bridgehead atoms. The van der Waals surface area contributed by atoms with Gasteiger partial charge in [0.2, 0.25) is 0 Å². The molecule has 0 radical (unpaired) electrons. The van der Waals surface area contributed by atoms with Gasteiger partial charge in [-0.2, -0.15) is 0 Å². The molecule has 0 saturated carbocycles. The predicted molar refractivity (Wildman–Crippen MR) is 89.1 cm³/mol. The number of urea groups is 1. The van der Waals surface area contributed by atoms with E-state index in [-0.39, 0.29) is 12.0 Å². The summed E-state index contributed by atoms with van der Waals surface area (Å²) in [6.07, 6.45) is 2.15. The van der Waals surface area contributed by atoms with Gasteiger partial charge < -0.3 is 15.0 Å². The van der Waals surface area contributed by atoms with Crippen LogP contribution in [0.2, 0.25) is 0 Å². The lowest BCUT2D eigenvalue weighted by molar-refractivity contribution is -0.158. The quantitative estimate of drug-likeness (QED) is 0.849. The van der Waals surface area contributed by atoms with E-state index in [1.165, 1.54) is 0 Å². The fourth-order valence-corrected chi connectivity index (χ4v) is 3.22. The molecular weight excluding hydrogens is 292 g/mol. The number of benzene rings is 1. The normalized spacial score (nSPS) is 20.9. The van der Waals surface area contributed by atoms with Gasteiger partial charge in [-0.25, -0.2) is 4.79 Å². The van der Waals surface area contributed by atoms with E-state index in [2.05, 4.69) is 5.32 Å². The topological polar surface area (TPSA) is 58.6 Å². The maximum atomic E-state index is 12.7. The molecule has 0 aromatic heterocycles. The van der Waals surface area contributed by atoms with E-state index in [0.717, 1.165) is 18.4 Å². The van der Waals surface area contributed by atoms with Crippen molar-refractivity contribution in [2.45, 2.75) is 33.1 Å². The molecule has 23 heavy (non-hydrogen) atoms. The summed E-state index contributed by atoms with van der Waals surface area (Å²) in [4.78, 5) is 26.6. The van der Waals surface area contributed by atoms with Crippen molar-refractivity contribution >= 4 is 12.0 Å². The highest BCUT2D eigenvalue weighted by atomic mass is 16.5. The summed E-state index contributed by atoms with van der Waals surface area (Å²) in [7, 11) is 0. The summed E-state index contributed by atoms with van der Waals surface area (Å²) in [6.45, 7) is 5.74. The van der Waals surface area contributed by atoms with Crippen LogP contribution in [0.3, 0.4) is 0 Å². The number of carbonyl (C=O) groups excluding carboxylic acids is 2. The Hall–Kier alpha value is -2.04.